The van der Waals surface area contributed by atoms with Crippen LogP contribution in [0.15, 0.2) is 48.5 Å². The molecule has 2 N–H and O–H groups in total. The number of nitrogens with zero attached hydrogens (tertiary/aromatic N) is 1. The molecule has 6 nitrogen and oxygen atoms in total. The Bertz CT molecular complexity index is 1070. The normalized spacial score (nSPS) is 21.6. The average molecular weight is 468 g/mol. The van der Waals surface area contributed by atoms with Gasteiger partial charge < -0.3 is 10.2 Å². The molecule has 0 spiro atoms. The fraction of sp³-hybridized carbons (Fsp3) is 0.423. The van der Waals surface area contributed by atoms with Crippen LogP contribution in [0, 0.1) is 5.92 Å². The Morgan fingerprint density at radius 2 is 1.70 bits per heavy atom. The fourth-order valence-corrected chi connectivity index (χ4v) is 5.08. The van der Waals surface area contributed by atoms with Gasteiger partial charge in [-0.25, -0.2) is 4.79 Å². The van der Waals surface area contributed by atoms with Crippen molar-refractivity contribution in [2.75, 3.05) is 13.1 Å². The van der Waals surface area contributed by atoms with Crippen LogP contribution in [0.25, 0.3) is 0 Å². The molecule has 4 amide bonds. The van der Waals surface area contributed by atoms with Crippen molar-refractivity contribution in [2.45, 2.75) is 51.0 Å². The van der Waals surface area contributed by atoms with E-state index in [9.17, 15) is 14.4 Å². The molecule has 0 aromatic heterocycles. The molecule has 4 rings (SSSR count). The van der Waals surface area contributed by atoms with Crippen LogP contribution in [0.5, 0.6) is 0 Å². The minimum absolute atomic E-state index is 0.00558. The lowest BCUT2D eigenvalue weighted by Crippen LogP contribution is -2.58. The van der Waals surface area contributed by atoms with E-state index in [0.717, 1.165) is 5.56 Å². The molecule has 2 aliphatic rings. The summed E-state index contributed by atoms with van der Waals surface area (Å²) in [4.78, 5) is 40.0. The van der Waals surface area contributed by atoms with Gasteiger partial charge in [0.05, 0.1) is 0 Å². The Kier molecular flexibility index (Phi) is 6.23. The zero-order valence-electron chi connectivity index (χ0n) is 19.3. The Hall–Kier alpha value is -2.86. The van der Waals surface area contributed by atoms with Gasteiger partial charge in [-0.3, -0.25) is 14.9 Å². The second-order valence-corrected chi connectivity index (χ2v) is 10.4. The van der Waals surface area contributed by atoms with Crippen molar-refractivity contribution in [3.05, 3.63) is 70.2 Å². The van der Waals surface area contributed by atoms with Crippen LogP contribution in [-0.4, -0.2) is 41.4 Å². The molecule has 2 aliphatic heterocycles. The monoisotopic (exact) mass is 467 g/mol. The molecule has 0 bridgehead atoms. The molecule has 2 aromatic rings. The number of rotatable bonds is 4. The first-order chi connectivity index (χ1) is 15.6. The molecule has 0 saturated carbocycles. The number of carbonyl (C=O) groups excluding carboxylic acids is 3. The lowest BCUT2D eigenvalue weighted by molar-refractivity contribution is -0.126. The van der Waals surface area contributed by atoms with Gasteiger partial charge in [0.1, 0.15) is 5.54 Å². The first kappa shape index (κ1) is 23.3. The molecular weight excluding hydrogens is 438 g/mol. The van der Waals surface area contributed by atoms with Gasteiger partial charge in [-0.05, 0) is 53.5 Å². The predicted octanol–water partition coefficient (Wildman–Crippen LogP) is 4.31. The first-order valence-corrected chi connectivity index (χ1v) is 11.7. The molecule has 33 heavy (non-hydrogen) atoms. The number of benzene rings is 2. The number of piperidine rings is 1. The Morgan fingerprint density at radius 3 is 2.24 bits per heavy atom. The molecule has 2 fully saturated rings. The third-order valence-corrected chi connectivity index (χ3v) is 7.24. The van der Waals surface area contributed by atoms with Crippen LogP contribution in [0.2, 0.25) is 5.02 Å². The number of carbonyl (C=O) groups is 3. The van der Waals surface area contributed by atoms with Crippen molar-refractivity contribution < 1.29 is 14.4 Å². The van der Waals surface area contributed by atoms with E-state index in [1.165, 1.54) is 5.56 Å². The standard InChI is InChI=1S/C26H30ClN3O3/c1-25(2,3)19-10-8-17(9-11-19)22(31)30-14-12-20(13-15-30)26(23(32)28-24(33)29-26)16-18-6-4-5-7-21(18)27/h4-11,20H,12-16H2,1-3H3,(H2,28,29,32,33)/t26-/m1/s1. The minimum Gasteiger partial charge on any atom is -0.339 e. The fourth-order valence-electron chi connectivity index (χ4n) is 4.87. The highest BCUT2D eigenvalue weighted by Gasteiger charge is 2.52. The second kappa shape index (κ2) is 8.82. The quantitative estimate of drug-likeness (QED) is 0.657. The van der Waals surface area contributed by atoms with E-state index in [0.29, 0.717) is 42.9 Å². The topological polar surface area (TPSA) is 78.5 Å². The van der Waals surface area contributed by atoms with Crippen LogP contribution >= 0.6 is 11.6 Å². The van der Waals surface area contributed by atoms with E-state index in [1.54, 1.807) is 6.07 Å². The van der Waals surface area contributed by atoms with Gasteiger partial charge in [-0.2, -0.15) is 0 Å². The summed E-state index contributed by atoms with van der Waals surface area (Å²) < 4.78 is 0. The summed E-state index contributed by atoms with van der Waals surface area (Å²) in [6, 6.07) is 14.7. The third-order valence-electron chi connectivity index (χ3n) is 6.87. The van der Waals surface area contributed by atoms with Gasteiger partial charge in [0.15, 0.2) is 0 Å². The van der Waals surface area contributed by atoms with Crippen LogP contribution in [-0.2, 0) is 16.6 Å². The molecule has 2 saturated heterocycles. The number of nitrogens with one attached hydrogen (secondary N) is 2. The zero-order chi connectivity index (χ0) is 23.8. The summed E-state index contributed by atoms with van der Waals surface area (Å²) in [6.07, 6.45) is 1.55. The van der Waals surface area contributed by atoms with E-state index in [2.05, 4.69) is 31.4 Å². The highest BCUT2D eigenvalue weighted by atomic mass is 35.5. The average Bonchev–Trinajstić information content (AvgIpc) is 3.08. The van der Waals surface area contributed by atoms with E-state index in [1.807, 2.05) is 47.4 Å². The number of amides is 4. The Labute approximate surface area is 199 Å². The summed E-state index contributed by atoms with van der Waals surface area (Å²) in [6.45, 7) is 7.48. The Balaban J connectivity index is 1.49. The highest BCUT2D eigenvalue weighted by Crippen LogP contribution is 2.35. The van der Waals surface area contributed by atoms with Crippen molar-refractivity contribution in [1.82, 2.24) is 15.5 Å². The van der Waals surface area contributed by atoms with Crippen molar-refractivity contribution in [3.63, 3.8) is 0 Å². The van der Waals surface area contributed by atoms with Gasteiger partial charge in [0.2, 0.25) is 0 Å². The maximum atomic E-state index is 13.1. The lowest BCUT2D eigenvalue weighted by atomic mass is 9.74. The number of likely N-dealkylation sites (tertiary alicyclic amines) is 1. The lowest BCUT2D eigenvalue weighted by Gasteiger charge is -2.41. The van der Waals surface area contributed by atoms with Crippen LogP contribution in [0.3, 0.4) is 0 Å². The molecule has 0 unspecified atom stereocenters. The molecule has 2 aromatic carbocycles. The molecule has 2 heterocycles. The van der Waals surface area contributed by atoms with E-state index >= 15 is 0 Å². The molecule has 0 aliphatic carbocycles. The van der Waals surface area contributed by atoms with Gasteiger partial charge in [0, 0.05) is 30.1 Å². The van der Waals surface area contributed by atoms with E-state index in [-0.39, 0.29) is 23.1 Å². The van der Waals surface area contributed by atoms with E-state index < -0.39 is 11.6 Å². The summed E-state index contributed by atoms with van der Waals surface area (Å²) in [5.74, 6) is -0.434. The number of hydrogen-bond donors (Lipinski definition) is 2. The SMILES string of the molecule is CC(C)(C)c1ccc(C(=O)N2CCC([C@@]3(Cc4ccccc4Cl)NC(=O)NC3=O)CC2)cc1. The maximum absolute atomic E-state index is 13.1. The maximum Gasteiger partial charge on any atom is 0.322 e. The summed E-state index contributed by atoms with van der Waals surface area (Å²) >= 11 is 6.36. The number of urea groups is 1. The molecule has 174 valence electrons. The van der Waals surface area contributed by atoms with Gasteiger partial charge >= 0.3 is 6.03 Å². The summed E-state index contributed by atoms with van der Waals surface area (Å²) in [5, 5.41) is 5.87. The number of hydrogen-bond acceptors (Lipinski definition) is 3. The summed E-state index contributed by atoms with van der Waals surface area (Å²) in [7, 11) is 0. The summed E-state index contributed by atoms with van der Waals surface area (Å²) in [5.41, 5.74) is 1.63. The second-order valence-electron chi connectivity index (χ2n) is 10.0. The zero-order valence-corrected chi connectivity index (χ0v) is 20.0. The van der Waals surface area contributed by atoms with Crippen molar-refractivity contribution in [1.29, 1.82) is 0 Å². The largest absolute Gasteiger partial charge is 0.339 e. The third kappa shape index (κ3) is 4.62. The predicted molar refractivity (Wildman–Crippen MR) is 128 cm³/mol. The molecular formula is C26H30ClN3O3. The number of imide groups is 1. The smallest absolute Gasteiger partial charge is 0.322 e. The van der Waals surface area contributed by atoms with Crippen molar-refractivity contribution in [2.24, 2.45) is 5.92 Å². The highest BCUT2D eigenvalue weighted by molar-refractivity contribution is 6.31. The number of halogens is 1. The van der Waals surface area contributed by atoms with Crippen LogP contribution in [0.1, 0.15) is 55.1 Å². The Morgan fingerprint density at radius 1 is 1.06 bits per heavy atom. The van der Waals surface area contributed by atoms with Gasteiger partial charge in [0.25, 0.3) is 11.8 Å². The van der Waals surface area contributed by atoms with Crippen LogP contribution in [0.4, 0.5) is 4.79 Å². The molecule has 0 radical (unpaired) electrons. The molecule has 7 heteroatoms. The minimum atomic E-state index is -1.06. The molecule has 1 atom stereocenters. The van der Waals surface area contributed by atoms with E-state index in [4.69, 9.17) is 11.6 Å². The first-order valence-electron chi connectivity index (χ1n) is 11.4. The van der Waals surface area contributed by atoms with Crippen molar-refractivity contribution >= 4 is 29.4 Å². The van der Waals surface area contributed by atoms with Gasteiger partial charge in [-0.1, -0.05) is 62.7 Å². The van der Waals surface area contributed by atoms with Gasteiger partial charge in [-0.15, -0.1) is 0 Å². The van der Waals surface area contributed by atoms with Crippen molar-refractivity contribution in [3.8, 4) is 0 Å². The van der Waals surface area contributed by atoms with Crippen LogP contribution < -0.4 is 10.6 Å².